The normalized spacial score (nSPS) is 10.2. The zero-order chi connectivity index (χ0) is 13.8. The number of nitrogens with one attached hydrogen (secondary N) is 1. The summed E-state index contributed by atoms with van der Waals surface area (Å²) < 4.78 is 0.799. The minimum atomic E-state index is -0.441. The number of carbonyl (C=O) groups excluding carboxylic acids is 1. The molecule has 0 aliphatic carbocycles. The Morgan fingerprint density at radius 2 is 2.16 bits per heavy atom. The third-order valence-corrected chi connectivity index (χ3v) is 3.41. The van der Waals surface area contributed by atoms with Gasteiger partial charge in [-0.3, -0.25) is 4.79 Å². The summed E-state index contributed by atoms with van der Waals surface area (Å²) in [5.41, 5.74) is 7.47. The van der Waals surface area contributed by atoms with Crippen LogP contribution < -0.4 is 11.1 Å². The van der Waals surface area contributed by atoms with Crippen molar-refractivity contribution in [1.29, 1.82) is 0 Å². The van der Waals surface area contributed by atoms with Crippen molar-refractivity contribution < 1.29 is 4.79 Å². The van der Waals surface area contributed by atoms with Gasteiger partial charge in [0.15, 0.2) is 0 Å². The Labute approximate surface area is 124 Å². The second-order valence-corrected chi connectivity index (χ2v) is 5.10. The first kappa shape index (κ1) is 13.8. The molecular weight excluding hydrogens is 330 g/mol. The van der Waals surface area contributed by atoms with Gasteiger partial charge in [-0.2, -0.15) is 0 Å². The van der Waals surface area contributed by atoms with Crippen LogP contribution in [-0.4, -0.2) is 10.9 Å². The highest BCUT2D eigenvalue weighted by Gasteiger charge is 2.08. The second-order valence-electron chi connectivity index (χ2n) is 3.86. The molecule has 4 nitrogen and oxygen atoms in total. The lowest BCUT2D eigenvalue weighted by Gasteiger charge is -2.11. The minimum absolute atomic E-state index is 0.397. The molecule has 0 fully saturated rings. The molecule has 1 aromatic heterocycles. The van der Waals surface area contributed by atoms with E-state index in [0.29, 0.717) is 17.3 Å². The zero-order valence-electron chi connectivity index (χ0n) is 9.86. The fraction of sp³-hybridized carbons (Fsp3) is 0.0769. The molecule has 2 rings (SSSR count). The summed E-state index contributed by atoms with van der Waals surface area (Å²) in [6, 6.07) is 8.90. The first-order valence-corrected chi connectivity index (χ1v) is 6.67. The van der Waals surface area contributed by atoms with Crippen LogP contribution >= 0.6 is 27.5 Å². The molecule has 0 radical (unpaired) electrons. The summed E-state index contributed by atoms with van der Waals surface area (Å²) in [6.45, 7) is 0.470. The molecule has 0 saturated carbocycles. The molecule has 1 heterocycles. The summed E-state index contributed by atoms with van der Waals surface area (Å²) in [6.07, 6.45) is 1.62. The Morgan fingerprint density at radius 3 is 2.89 bits per heavy atom. The lowest BCUT2D eigenvalue weighted by molar-refractivity contribution is 0.0999. The molecule has 0 aliphatic heterocycles. The van der Waals surface area contributed by atoms with E-state index < -0.39 is 5.91 Å². The zero-order valence-corrected chi connectivity index (χ0v) is 12.2. The average Bonchev–Trinajstić information content (AvgIpc) is 2.40. The third kappa shape index (κ3) is 3.45. The first-order valence-electron chi connectivity index (χ1n) is 5.50. The average molecular weight is 341 g/mol. The number of hydrogen-bond acceptors (Lipinski definition) is 3. The number of pyridine rings is 1. The maximum Gasteiger partial charge on any atom is 0.249 e. The van der Waals surface area contributed by atoms with Gasteiger partial charge in [0.05, 0.1) is 10.2 Å². The first-order chi connectivity index (χ1) is 9.08. The predicted octanol–water partition coefficient (Wildman–Crippen LogP) is 3.21. The monoisotopic (exact) mass is 339 g/mol. The molecule has 0 saturated heterocycles. The summed E-state index contributed by atoms with van der Waals surface area (Å²) in [7, 11) is 0. The largest absolute Gasteiger partial charge is 0.380 e. The number of carbonyl (C=O) groups is 1. The number of rotatable bonds is 4. The minimum Gasteiger partial charge on any atom is -0.380 e. The Kier molecular flexibility index (Phi) is 4.39. The van der Waals surface area contributed by atoms with E-state index in [0.717, 1.165) is 15.7 Å². The standard InChI is InChI=1S/C13H11BrClN3O/c14-10-7-18-12(15)5-11(10)17-6-8-3-1-2-4-9(8)13(16)19/h1-5,7H,6H2,(H2,16,19)(H,17,18). The van der Waals surface area contributed by atoms with Crippen molar-refractivity contribution in [2.45, 2.75) is 6.54 Å². The summed E-state index contributed by atoms with van der Waals surface area (Å²) >= 11 is 9.21. The highest BCUT2D eigenvalue weighted by molar-refractivity contribution is 9.10. The Bertz CT molecular complexity index is 619. The van der Waals surface area contributed by atoms with E-state index in [1.165, 1.54) is 0 Å². The fourth-order valence-corrected chi connectivity index (χ4v) is 2.17. The van der Waals surface area contributed by atoms with Gasteiger partial charge < -0.3 is 11.1 Å². The van der Waals surface area contributed by atoms with Crippen LogP contribution in [0.5, 0.6) is 0 Å². The molecule has 6 heteroatoms. The van der Waals surface area contributed by atoms with Gasteiger partial charge in [-0.25, -0.2) is 4.98 Å². The molecule has 2 aromatic rings. The lowest BCUT2D eigenvalue weighted by atomic mass is 10.1. The number of anilines is 1. The highest BCUT2D eigenvalue weighted by atomic mass is 79.9. The van der Waals surface area contributed by atoms with Gasteiger partial charge in [0.2, 0.25) is 5.91 Å². The van der Waals surface area contributed by atoms with Gasteiger partial charge in [0.25, 0.3) is 0 Å². The van der Waals surface area contributed by atoms with Crippen molar-refractivity contribution in [2.75, 3.05) is 5.32 Å². The number of nitrogens with two attached hydrogens (primary N) is 1. The van der Waals surface area contributed by atoms with Crippen LogP contribution in [-0.2, 0) is 6.54 Å². The highest BCUT2D eigenvalue weighted by Crippen LogP contribution is 2.24. The number of aromatic nitrogens is 1. The number of amides is 1. The van der Waals surface area contributed by atoms with Crippen molar-refractivity contribution in [3.05, 3.63) is 57.3 Å². The maximum atomic E-state index is 11.3. The summed E-state index contributed by atoms with van der Waals surface area (Å²) in [5, 5.41) is 3.58. The van der Waals surface area contributed by atoms with Crippen molar-refractivity contribution in [1.82, 2.24) is 4.98 Å². The van der Waals surface area contributed by atoms with Gasteiger partial charge in [0, 0.05) is 18.3 Å². The van der Waals surface area contributed by atoms with Crippen LogP contribution in [0, 0.1) is 0 Å². The molecule has 98 valence electrons. The molecule has 1 aromatic carbocycles. The Morgan fingerprint density at radius 1 is 1.42 bits per heavy atom. The SMILES string of the molecule is NC(=O)c1ccccc1CNc1cc(Cl)ncc1Br. The van der Waals surface area contributed by atoms with Gasteiger partial charge in [0.1, 0.15) is 5.15 Å². The van der Waals surface area contributed by atoms with Crippen LogP contribution in [0.3, 0.4) is 0 Å². The Hall–Kier alpha value is -1.59. The third-order valence-electron chi connectivity index (χ3n) is 2.57. The van der Waals surface area contributed by atoms with Crippen molar-refractivity contribution in [3.63, 3.8) is 0 Å². The fourth-order valence-electron chi connectivity index (χ4n) is 1.65. The van der Waals surface area contributed by atoms with Crippen LogP contribution in [0.4, 0.5) is 5.69 Å². The van der Waals surface area contributed by atoms with E-state index in [-0.39, 0.29) is 0 Å². The number of hydrogen-bond donors (Lipinski definition) is 2. The van der Waals surface area contributed by atoms with E-state index in [4.69, 9.17) is 17.3 Å². The molecule has 0 atom stereocenters. The molecule has 3 N–H and O–H groups in total. The van der Waals surface area contributed by atoms with Crippen molar-refractivity contribution >= 4 is 39.1 Å². The van der Waals surface area contributed by atoms with Gasteiger partial charge in [-0.15, -0.1) is 0 Å². The smallest absolute Gasteiger partial charge is 0.249 e. The van der Waals surface area contributed by atoms with Crippen LogP contribution in [0.25, 0.3) is 0 Å². The lowest BCUT2D eigenvalue weighted by Crippen LogP contribution is -2.15. The van der Waals surface area contributed by atoms with Gasteiger partial charge >= 0.3 is 0 Å². The molecule has 0 aliphatic rings. The second kappa shape index (κ2) is 6.04. The van der Waals surface area contributed by atoms with Crippen LogP contribution in [0.15, 0.2) is 41.0 Å². The number of halogens is 2. The number of benzene rings is 1. The number of primary amides is 1. The van der Waals surface area contributed by atoms with Gasteiger partial charge in [-0.1, -0.05) is 29.8 Å². The molecule has 0 spiro atoms. The molecule has 1 amide bonds. The summed E-state index contributed by atoms with van der Waals surface area (Å²) in [4.78, 5) is 15.3. The molecule has 0 bridgehead atoms. The molecular formula is C13H11BrClN3O. The van der Waals surface area contributed by atoms with E-state index in [9.17, 15) is 4.79 Å². The maximum absolute atomic E-state index is 11.3. The van der Waals surface area contributed by atoms with Gasteiger partial charge in [-0.05, 0) is 33.6 Å². The summed E-state index contributed by atoms with van der Waals surface area (Å²) in [5.74, 6) is -0.441. The molecule has 0 unspecified atom stereocenters. The topological polar surface area (TPSA) is 68.0 Å². The van der Waals surface area contributed by atoms with Crippen molar-refractivity contribution in [2.24, 2.45) is 5.73 Å². The predicted molar refractivity (Wildman–Crippen MR) is 79.2 cm³/mol. The van der Waals surface area contributed by atoms with E-state index in [2.05, 4.69) is 26.2 Å². The van der Waals surface area contributed by atoms with E-state index in [1.807, 2.05) is 12.1 Å². The molecule has 19 heavy (non-hydrogen) atoms. The number of nitrogens with zero attached hydrogens (tertiary/aromatic N) is 1. The Balaban J connectivity index is 2.19. The van der Waals surface area contributed by atoms with Crippen LogP contribution in [0.2, 0.25) is 5.15 Å². The van der Waals surface area contributed by atoms with E-state index in [1.54, 1.807) is 24.4 Å². The van der Waals surface area contributed by atoms with Crippen molar-refractivity contribution in [3.8, 4) is 0 Å². The van der Waals surface area contributed by atoms with E-state index >= 15 is 0 Å². The van der Waals surface area contributed by atoms with Crippen LogP contribution in [0.1, 0.15) is 15.9 Å². The quantitative estimate of drug-likeness (QED) is 0.840.